The Kier molecular flexibility index (Phi) is 4.61. The Morgan fingerprint density at radius 1 is 1.47 bits per heavy atom. The fourth-order valence-corrected chi connectivity index (χ4v) is 3.54. The van der Waals surface area contributed by atoms with Crippen molar-refractivity contribution < 1.29 is 14.3 Å². The third-order valence-electron chi connectivity index (χ3n) is 2.92. The highest BCUT2D eigenvalue weighted by Crippen LogP contribution is 2.28. The Labute approximate surface area is 124 Å². The van der Waals surface area contributed by atoms with E-state index in [0.29, 0.717) is 12.2 Å². The number of benzene rings is 1. The predicted octanol–water partition coefficient (Wildman–Crippen LogP) is 2.73. The summed E-state index contributed by atoms with van der Waals surface area (Å²) in [6.45, 7) is 0.124. The molecule has 3 nitrogen and oxygen atoms in total. The Balaban J connectivity index is 2.06. The molecule has 1 aliphatic rings. The second-order valence-electron chi connectivity index (χ2n) is 4.46. The van der Waals surface area contributed by atoms with Crippen molar-refractivity contribution in [2.24, 2.45) is 0 Å². The fraction of sp³-hybridized carbons (Fsp3) is 0.417. The molecule has 1 aromatic rings. The van der Waals surface area contributed by atoms with Gasteiger partial charge in [-0.3, -0.25) is 4.79 Å². The molecule has 1 aliphatic heterocycles. The number of halogens is 3. The molecule has 0 saturated carbocycles. The van der Waals surface area contributed by atoms with E-state index in [1.807, 2.05) is 0 Å². The van der Waals surface area contributed by atoms with Crippen molar-refractivity contribution in [3.05, 3.63) is 33.6 Å². The van der Waals surface area contributed by atoms with Crippen LogP contribution in [0.4, 0.5) is 4.39 Å². The van der Waals surface area contributed by atoms with Gasteiger partial charge in [-0.25, -0.2) is 4.39 Å². The zero-order chi connectivity index (χ0) is 14.0. The first kappa shape index (κ1) is 14.9. The van der Waals surface area contributed by atoms with Crippen LogP contribution in [0.3, 0.4) is 0 Å². The number of amides is 1. The largest absolute Gasteiger partial charge is 0.387 e. The highest BCUT2D eigenvalue weighted by Gasteiger charge is 2.32. The van der Waals surface area contributed by atoms with Crippen molar-refractivity contribution in [1.82, 2.24) is 5.32 Å². The number of carbonyl (C=O) groups excluding carboxylic acids is 1. The molecule has 0 aromatic heterocycles. The van der Waals surface area contributed by atoms with Crippen molar-refractivity contribution in [3.63, 3.8) is 0 Å². The van der Waals surface area contributed by atoms with Gasteiger partial charge in [-0.05, 0) is 24.3 Å². The van der Waals surface area contributed by atoms with Crippen LogP contribution in [0, 0.1) is 5.82 Å². The molecular weight excluding hydrogens is 312 g/mol. The van der Waals surface area contributed by atoms with Gasteiger partial charge in [0.1, 0.15) is 5.82 Å². The number of hydrogen-bond acceptors (Lipinski definition) is 3. The molecule has 0 bridgehead atoms. The Morgan fingerprint density at radius 2 is 2.21 bits per heavy atom. The zero-order valence-electron chi connectivity index (χ0n) is 9.88. The maximum absolute atomic E-state index is 13.3. The summed E-state index contributed by atoms with van der Waals surface area (Å²) in [7, 11) is 0. The number of thioether (sulfide) groups is 1. The van der Waals surface area contributed by atoms with Crippen molar-refractivity contribution >= 4 is 40.9 Å². The lowest BCUT2D eigenvalue weighted by molar-refractivity contribution is 0.0612. The van der Waals surface area contributed by atoms with Crippen LogP contribution in [0.15, 0.2) is 12.1 Å². The quantitative estimate of drug-likeness (QED) is 0.841. The van der Waals surface area contributed by atoms with E-state index in [-0.39, 0.29) is 22.2 Å². The lowest BCUT2D eigenvalue weighted by Crippen LogP contribution is -2.43. The smallest absolute Gasteiger partial charge is 0.253 e. The predicted molar refractivity (Wildman–Crippen MR) is 75.6 cm³/mol. The van der Waals surface area contributed by atoms with Crippen molar-refractivity contribution in [1.29, 1.82) is 0 Å². The molecule has 7 heteroatoms. The molecule has 0 aliphatic carbocycles. The normalized spacial score (nSPS) is 22.5. The molecule has 1 saturated heterocycles. The molecule has 0 spiro atoms. The summed E-state index contributed by atoms with van der Waals surface area (Å²) in [6.07, 6.45) is 0.626. The van der Waals surface area contributed by atoms with Gasteiger partial charge in [0.2, 0.25) is 0 Å². The summed E-state index contributed by atoms with van der Waals surface area (Å²) >= 11 is 13.0. The highest BCUT2D eigenvalue weighted by atomic mass is 35.5. The number of nitrogens with one attached hydrogen (secondary N) is 1. The van der Waals surface area contributed by atoms with Crippen molar-refractivity contribution in [2.45, 2.75) is 12.0 Å². The van der Waals surface area contributed by atoms with Crippen LogP contribution in [0.2, 0.25) is 10.0 Å². The molecule has 2 N–H and O–H groups in total. The lowest BCUT2D eigenvalue weighted by atomic mass is 10.0. The average Bonchev–Trinajstić information content (AvgIpc) is 2.78. The van der Waals surface area contributed by atoms with Crippen LogP contribution in [0.25, 0.3) is 0 Å². The van der Waals surface area contributed by atoms with E-state index in [0.717, 1.165) is 11.8 Å². The third kappa shape index (κ3) is 3.54. The second kappa shape index (κ2) is 5.87. The first-order valence-electron chi connectivity index (χ1n) is 5.64. The monoisotopic (exact) mass is 323 g/mol. The summed E-state index contributed by atoms with van der Waals surface area (Å²) in [5.74, 6) is 0.218. The Morgan fingerprint density at radius 3 is 2.84 bits per heavy atom. The first-order chi connectivity index (χ1) is 8.91. The van der Waals surface area contributed by atoms with E-state index < -0.39 is 17.3 Å². The molecule has 1 heterocycles. The summed E-state index contributed by atoms with van der Waals surface area (Å²) in [5.41, 5.74) is -0.879. The number of hydrogen-bond donors (Lipinski definition) is 2. The van der Waals surface area contributed by atoms with Gasteiger partial charge in [0, 0.05) is 12.3 Å². The standard InChI is InChI=1S/C12H12Cl2FNO2S/c13-8-4-9(14)10(15)3-7(8)11(17)16-5-12(18)1-2-19-6-12/h3-4,18H,1-2,5-6H2,(H,16,17). The van der Waals surface area contributed by atoms with E-state index in [1.165, 1.54) is 6.07 Å². The van der Waals surface area contributed by atoms with Gasteiger partial charge in [-0.2, -0.15) is 11.8 Å². The van der Waals surface area contributed by atoms with Gasteiger partial charge in [-0.1, -0.05) is 23.2 Å². The summed E-state index contributed by atoms with van der Waals surface area (Å²) in [4.78, 5) is 11.9. The number of rotatable bonds is 3. The van der Waals surface area contributed by atoms with Gasteiger partial charge >= 0.3 is 0 Å². The minimum Gasteiger partial charge on any atom is -0.387 e. The third-order valence-corrected chi connectivity index (χ3v) is 4.75. The van der Waals surface area contributed by atoms with Crippen LogP contribution >= 0.6 is 35.0 Å². The number of aliphatic hydroxyl groups is 1. The molecule has 1 atom stereocenters. The molecule has 1 amide bonds. The minimum atomic E-state index is -0.891. The van der Waals surface area contributed by atoms with Crippen LogP contribution < -0.4 is 5.32 Å². The van der Waals surface area contributed by atoms with Crippen LogP contribution in [-0.4, -0.2) is 34.7 Å². The topological polar surface area (TPSA) is 49.3 Å². The molecule has 2 rings (SSSR count). The van der Waals surface area contributed by atoms with E-state index >= 15 is 0 Å². The van der Waals surface area contributed by atoms with E-state index in [2.05, 4.69) is 5.32 Å². The Bertz CT molecular complexity index is 507. The Hall–Kier alpha value is -0.490. The highest BCUT2D eigenvalue weighted by molar-refractivity contribution is 7.99. The summed E-state index contributed by atoms with van der Waals surface area (Å²) < 4.78 is 13.3. The molecule has 19 heavy (non-hydrogen) atoms. The first-order valence-corrected chi connectivity index (χ1v) is 7.55. The van der Waals surface area contributed by atoms with E-state index in [1.54, 1.807) is 11.8 Å². The van der Waals surface area contributed by atoms with Crippen LogP contribution in [-0.2, 0) is 0 Å². The van der Waals surface area contributed by atoms with Gasteiger partial charge in [0.25, 0.3) is 5.91 Å². The number of carbonyl (C=O) groups is 1. The SMILES string of the molecule is O=C(NCC1(O)CCSC1)c1cc(F)c(Cl)cc1Cl. The van der Waals surface area contributed by atoms with Gasteiger partial charge in [0.05, 0.1) is 21.2 Å². The van der Waals surface area contributed by atoms with Gasteiger partial charge in [0.15, 0.2) is 0 Å². The lowest BCUT2D eigenvalue weighted by Gasteiger charge is -2.21. The molecular formula is C12H12Cl2FNO2S. The molecule has 1 aromatic carbocycles. The van der Waals surface area contributed by atoms with Gasteiger partial charge < -0.3 is 10.4 Å². The summed E-state index contributed by atoms with van der Waals surface area (Å²) in [5, 5.41) is 12.6. The molecule has 1 unspecified atom stereocenters. The molecule has 1 fully saturated rings. The minimum absolute atomic E-state index is 0.0119. The van der Waals surface area contributed by atoms with Gasteiger partial charge in [-0.15, -0.1) is 0 Å². The summed E-state index contributed by atoms with van der Waals surface area (Å²) in [6, 6.07) is 2.18. The van der Waals surface area contributed by atoms with E-state index in [4.69, 9.17) is 23.2 Å². The van der Waals surface area contributed by atoms with Crippen molar-refractivity contribution in [3.8, 4) is 0 Å². The maximum Gasteiger partial charge on any atom is 0.253 e. The average molecular weight is 324 g/mol. The van der Waals surface area contributed by atoms with Crippen LogP contribution in [0.1, 0.15) is 16.8 Å². The van der Waals surface area contributed by atoms with Crippen molar-refractivity contribution in [2.75, 3.05) is 18.1 Å². The fourth-order valence-electron chi connectivity index (χ4n) is 1.77. The van der Waals surface area contributed by atoms with E-state index in [9.17, 15) is 14.3 Å². The second-order valence-corrected chi connectivity index (χ2v) is 6.38. The molecule has 0 radical (unpaired) electrons. The van der Waals surface area contributed by atoms with Crippen LogP contribution in [0.5, 0.6) is 0 Å². The molecule has 104 valence electrons. The zero-order valence-corrected chi connectivity index (χ0v) is 12.2. The maximum atomic E-state index is 13.3.